The van der Waals surface area contributed by atoms with Gasteiger partial charge in [-0.25, -0.2) is 0 Å². The van der Waals surface area contributed by atoms with Crippen molar-refractivity contribution >= 4 is 32.9 Å². The number of hydrogen-bond donors (Lipinski definition) is 1. The van der Waals surface area contributed by atoms with E-state index in [2.05, 4.69) is 65.3 Å². The van der Waals surface area contributed by atoms with Gasteiger partial charge in [-0.2, -0.15) is 5.10 Å². The third kappa shape index (κ3) is 7.66. The molecule has 1 aliphatic rings. The molecule has 0 saturated heterocycles. The Bertz CT molecular complexity index is 1110. The number of allylic oxidation sites excluding steroid dienone is 1. The van der Waals surface area contributed by atoms with E-state index in [1.54, 1.807) is 13.2 Å². The van der Waals surface area contributed by atoms with E-state index < -0.39 is 0 Å². The first-order valence-corrected chi connectivity index (χ1v) is 12.7. The first kappa shape index (κ1) is 26.5. The zero-order chi connectivity index (χ0) is 24.2. The number of para-hydroxylation sites is 2. The van der Waals surface area contributed by atoms with Crippen LogP contribution >= 0.6 is 9.69 Å². The van der Waals surface area contributed by atoms with Crippen molar-refractivity contribution in [3.63, 3.8) is 0 Å². The Hall–Kier alpha value is -2.75. The molecule has 3 aromatic carbocycles. The van der Waals surface area contributed by atoms with Gasteiger partial charge in [-0.15, -0.1) is 0 Å². The van der Waals surface area contributed by atoms with E-state index >= 15 is 0 Å². The van der Waals surface area contributed by atoms with Gasteiger partial charge >= 0.3 is 27.0 Å². The molecule has 0 spiro atoms. The summed E-state index contributed by atoms with van der Waals surface area (Å²) in [5.41, 5.74) is 8.60. The Morgan fingerprint density at radius 3 is 2.21 bits per heavy atom. The topological polar surface area (TPSA) is 50.7 Å². The minimum atomic E-state index is -0.115. The fourth-order valence-electron chi connectivity index (χ4n) is 3.15. The van der Waals surface area contributed by atoms with Gasteiger partial charge in [0.2, 0.25) is 5.78 Å². The molecule has 3 aromatic rings. The molecule has 1 N–H and O–H groups in total. The number of benzene rings is 3. The quantitative estimate of drug-likeness (QED) is 0.285. The number of ether oxygens (including phenoxy) is 1. The molecule has 173 valence electrons. The Kier molecular flexibility index (Phi) is 11.0. The Labute approximate surface area is 210 Å². The molecule has 4 nitrogen and oxygen atoms in total. The first-order chi connectivity index (χ1) is 16.0. The second kappa shape index (κ2) is 13.7. The number of nitrogens with one attached hydrogen (secondary N) is 1. The summed E-state index contributed by atoms with van der Waals surface area (Å²) in [6, 6.07) is 23.8. The van der Waals surface area contributed by atoms with Crippen molar-refractivity contribution in [1.82, 2.24) is 0 Å². The summed E-state index contributed by atoms with van der Waals surface area (Å²) in [7, 11) is 6.16. The number of fused-ring (bicyclic) bond motifs is 1. The molecule has 0 atom stereocenters. The second-order valence-electron chi connectivity index (χ2n) is 7.62. The number of halogens is 1. The summed E-state index contributed by atoms with van der Waals surface area (Å²) < 4.78 is 5.25. The number of carbonyl (C=O) groups is 1. The predicted molar refractivity (Wildman–Crippen MR) is 135 cm³/mol. The number of anilines is 1. The van der Waals surface area contributed by atoms with Gasteiger partial charge in [0, 0.05) is 5.56 Å². The molecule has 4 rings (SSSR count). The molecule has 0 aromatic heterocycles. The van der Waals surface area contributed by atoms with Crippen LogP contribution in [-0.4, -0.2) is 18.6 Å². The van der Waals surface area contributed by atoms with Crippen LogP contribution < -0.4 is 10.2 Å². The third-order valence-electron chi connectivity index (χ3n) is 5.00. The Morgan fingerprint density at radius 2 is 1.55 bits per heavy atom. The van der Waals surface area contributed by atoms with Gasteiger partial charge in [0.1, 0.15) is 11.5 Å². The average Bonchev–Trinajstić information content (AvgIpc) is 2.85. The maximum atomic E-state index is 12.0. The fourth-order valence-corrected chi connectivity index (χ4v) is 3.15. The van der Waals surface area contributed by atoms with E-state index in [4.69, 9.17) is 4.74 Å². The molecule has 0 unspecified atom stereocenters. The zero-order valence-electron chi connectivity index (χ0n) is 19.2. The van der Waals surface area contributed by atoms with E-state index in [9.17, 15) is 4.79 Å². The SMILES string of the molecule is COc1ccccc1N/N=C1\C(=O)C=Cc2ccccc21.Cc1ccc(C(C)C)cc1.[Cl][Ru]. The molecule has 33 heavy (non-hydrogen) atoms. The maximum absolute atomic E-state index is 12.0. The monoisotopic (exact) mass is 549 g/mol. The molecule has 0 aliphatic heterocycles. The summed E-state index contributed by atoms with van der Waals surface area (Å²) in [6.07, 6.45) is 3.34. The van der Waals surface area contributed by atoms with E-state index in [0.29, 0.717) is 23.1 Å². The van der Waals surface area contributed by atoms with Crippen LogP contribution in [0.1, 0.15) is 42.0 Å². The Morgan fingerprint density at radius 1 is 0.909 bits per heavy atom. The van der Waals surface area contributed by atoms with E-state index in [1.807, 2.05) is 65.8 Å². The van der Waals surface area contributed by atoms with E-state index in [-0.39, 0.29) is 5.78 Å². The number of hydrogen-bond acceptors (Lipinski definition) is 4. The zero-order valence-corrected chi connectivity index (χ0v) is 21.6. The summed E-state index contributed by atoms with van der Waals surface area (Å²) in [6.45, 7) is 6.54. The van der Waals surface area contributed by atoms with Crippen LogP contribution in [0.3, 0.4) is 0 Å². The van der Waals surface area contributed by atoms with Gasteiger partial charge in [0.15, 0.2) is 0 Å². The Balaban J connectivity index is 0.000000270. The molecule has 1 aliphatic carbocycles. The molecule has 6 heteroatoms. The number of ketones is 1. The molecule has 0 radical (unpaired) electrons. The summed E-state index contributed by atoms with van der Waals surface area (Å²) in [5, 5.41) is 4.27. The molecule has 0 heterocycles. The molecular formula is C27H28ClN2O2Ru. The van der Waals surface area contributed by atoms with Crippen molar-refractivity contribution in [3.05, 3.63) is 101 Å². The van der Waals surface area contributed by atoms with Crippen molar-refractivity contribution in [2.24, 2.45) is 5.10 Å². The fraction of sp³-hybridized carbons (Fsp3) is 0.185. The van der Waals surface area contributed by atoms with Gasteiger partial charge in [-0.3, -0.25) is 10.2 Å². The summed E-state index contributed by atoms with van der Waals surface area (Å²) in [4.78, 5) is 12.0. The van der Waals surface area contributed by atoms with Crippen molar-refractivity contribution in [2.75, 3.05) is 12.5 Å². The van der Waals surface area contributed by atoms with Crippen molar-refractivity contribution in [2.45, 2.75) is 26.7 Å². The molecule has 0 fully saturated rings. The second-order valence-corrected chi connectivity index (χ2v) is 7.62. The molecular weight excluding hydrogens is 521 g/mol. The van der Waals surface area contributed by atoms with Gasteiger partial charge in [-0.1, -0.05) is 86.2 Å². The van der Waals surface area contributed by atoms with Crippen LogP contribution in [0.4, 0.5) is 5.69 Å². The molecule has 0 amide bonds. The standard InChI is InChI=1S/C17H14N2O2.C10H14.ClH.Ru/c1-21-16-9-5-4-8-14(16)18-19-17-13-7-3-2-6-12(13)10-11-15(17)20;1-8(2)10-6-4-9(3)5-7-10;;/h2-11,18H,1H3;4-8H,1-3H3;1H;/q;;;+1/p-1/b19-17-;;;. The van der Waals surface area contributed by atoms with Crippen LogP contribution in [0.5, 0.6) is 5.75 Å². The third-order valence-corrected chi connectivity index (χ3v) is 5.00. The predicted octanol–water partition coefficient (Wildman–Crippen LogP) is 6.91. The number of rotatable bonds is 4. The van der Waals surface area contributed by atoms with Crippen LogP contribution in [0.25, 0.3) is 6.08 Å². The summed E-state index contributed by atoms with van der Waals surface area (Å²) >= 11 is 1.82. The van der Waals surface area contributed by atoms with Crippen LogP contribution in [-0.2, 0) is 22.1 Å². The van der Waals surface area contributed by atoms with Gasteiger partial charge < -0.3 is 4.74 Å². The van der Waals surface area contributed by atoms with Gasteiger partial charge in [0.05, 0.1) is 12.8 Å². The molecule has 0 bridgehead atoms. The summed E-state index contributed by atoms with van der Waals surface area (Å²) in [5.74, 6) is 1.21. The first-order valence-electron chi connectivity index (χ1n) is 10.5. The van der Waals surface area contributed by atoms with Crippen LogP contribution in [0.15, 0.2) is 84.0 Å². The normalized spacial score (nSPS) is 12.8. The number of nitrogens with zero attached hydrogens (tertiary/aromatic N) is 1. The number of methoxy groups -OCH3 is 1. The van der Waals surface area contributed by atoms with Crippen molar-refractivity contribution in [1.29, 1.82) is 0 Å². The number of hydrazone groups is 1. The molecule has 0 saturated carbocycles. The number of carbonyl (C=O) groups excluding carboxylic acids is 1. The van der Waals surface area contributed by atoms with Crippen LogP contribution in [0, 0.1) is 6.92 Å². The van der Waals surface area contributed by atoms with Gasteiger partial charge in [-0.05, 0) is 42.2 Å². The van der Waals surface area contributed by atoms with Crippen molar-refractivity contribution < 1.29 is 26.8 Å². The van der Waals surface area contributed by atoms with E-state index in [1.165, 1.54) is 17.2 Å². The van der Waals surface area contributed by atoms with Crippen LogP contribution in [0.2, 0.25) is 0 Å². The number of aryl methyl sites for hydroxylation is 1. The average molecular weight is 549 g/mol. The van der Waals surface area contributed by atoms with Gasteiger partial charge in [0.25, 0.3) is 0 Å². The van der Waals surface area contributed by atoms with Crippen molar-refractivity contribution in [3.8, 4) is 5.75 Å². The van der Waals surface area contributed by atoms with E-state index in [0.717, 1.165) is 11.1 Å². The minimum absolute atomic E-state index is 0.115.